The van der Waals surface area contributed by atoms with Crippen LogP contribution in [-0.4, -0.2) is 92.5 Å². The Labute approximate surface area is 154 Å². The standard InChI is InChI=1S/C10H22O4.C8H18O3/c1-3-11-5-7-13-9-10-14-8-6-12-4-2;1-3-9-5-7-11-8-6-10-4-2/h3-10H2,1-2H3;3-8H2,1-2H3. The molecule has 25 heavy (non-hydrogen) atoms. The van der Waals surface area contributed by atoms with Crippen molar-refractivity contribution in [2.45, 2.75) is 27.7 Å². The minimum atomic E-state index is 0.624. The van der Waals surface area contributed by atoms with Gasteiger partial charge >= 0.3 is 0 Å². The summed E-state index contributed by atoms with van der Waals surface area (Å²) < 4.78 is 36.1. The topological polar surface area (TPSA) is 64.6 Å². The highest BCUT2D eigenvalue weighted by Gasteiger charge is 1.90. The van der Waals surface area contributed by atoms with Gasteiger partial charge in [-0.1, -0.05) is 0 Å². The van der Waals surface area contributed by atoms with Crippen molar-refractivity contribution < 1.29 is 33.2 Å². The van der Waals surface area contributed by atoms with E-state index in [1.807, 2.05) is 27.7 Å². The number of hydrogen-bond donors (Lipinski definition) is 0. The number of hydrogen-bond acceptors (Lipinski definition) is 7. The Morgan fingerprint density at radius 1 is 0.280 bits per heavy atom. The molecule has 0 rings (SSSR count). The Morgan fingerprint density at radius 2 is 0.440 bits per heavy atom. The highest BCUT2D eigenvalue weighted by molar-refractivity contribution is 4.33. The maximum Gasteiger partial charge on any atom is 0.0701 e. The van der Waals surface area contributed by atoms with Crippen LogP contribution in [0, 0.1) is 0 Å². The van der Waals surface area contributed by atoms with Crippen molar-refractivity contribution in [3.05, 3.63) is 0 Å². The molecule has 0 N–H and O–H groups in total. The smallest absolute Gasteiger partial charge is 0.0701 e. The molecule has 0 fully saturated rings. The quantitative estimate of drug-likeness (QED) is 0.324. The molecule has 0 aromatic rings. The zero-order valence-electron chi connectivity index (χ0n) is 16.8. The fourth-order valence-electron chi connectivity index (χ4n) is 1.47. The monoisotopic (exact) mass is 368 g/mol. The summed E-state index contributed by atoms with van der Waals surface area (Å²) in [6.45, 7) is 17.4. The van der Waals surface area contributed by atoms with Gasteiger partial charge in [0.05, 0.1) is 66.1 Å². The summed E-state index contributed by atoms with van der Waals surface area (Å²) in [5.41, 5.74) is 0. The minimum absolute atomic E-state index is 0.624. The summed E-state index contributed by atoms with van der Waals surface area (Å²) >= 11 is 0. The van der Waals surface area contributed by atoms with Crippen LogP contribution in [0.3, 0.4) is 0 Å². The summed E-state index contributed by atoms with van der Waals surface area (Å²) in [6.07, 6.45) is 0. The Balaban J connectivity index is 0. The first kappa shape index (κ1) is 26.9. The van der Waals surface area contributed by atoms with Crippen molar-refractivity contribution in [1.29, 1.82) is 0 Å². The van der Waals surface area contributed by atoms with Gasteiger partial charge in [0.15, 0.2) is 0 Å². The summed E-state index contributed by atoms with van der Waals surface area (Å²) in [7, 11) is 0. The molecule has 7 heteroatoms. The van der Waals surface area contributed by atoms with E-state index in [1.54, 1.807) is 0 Å². The molecule has 7 nitrogen and oxygen atoms in total. The SMILES string of the molecule is CCOCCOCCOCC.CCOCCOCCOCCOCC. The summed E-state index contributed by atoms with van der Waals surface area (Å²) in [5, 5.41) is 0. The molecule has 0 saturated heterocycles. The van der Waals surface area contributed by atoms with Crippen molar-refractivity contribution in [3.8, 4) is 0 Å². The van der Waals surface area contributed by atoms with E-state index in [0.717, 1.165) is 26.4 Å². The first-order valence-corrected chi connectivity index (χ1v) is 9.37. The largest absolute Gasteiger partial charge is 0.379 e. The molecule has 0 atom stereocenters. The van der Waals surface area contributed by atoms with Crippen molar-refractivity contribution in [2.75, 3.05) is 92.5 Å². The van der Waals surface area contributed by atoms with E-state index >= 15 is 0 Å². The second-order valence-electron chi connectivity index (χ2n) is 4.62. The third kappa shape index (κ3) is 31.9. The molecule has 0 aliphatic rings. The lowest BCUT2D eigenvalue weighted by atomic mass is 10.7. The van der Waals surface area contributed by atoms with Gasteiger partial charge in [0.2, 0.25) is 0 Å². The Morgan fingerprint density at radius 3 is 0.600 bits per heavy atom. The van der Waals surface area contributed by atoms with Crippen LogP contribution in [0.15, 0.2) is 0 Å². The summed E-state index contributed by atoms with van der Waals surface area (Å²) in [5.74, 6) is 0. The van der Waals surface area contributed by atoms with Crippen LogP contribution < -0.4 is 0 Å². The van der Waals surface area contributed by atoms with Crippen LogP contribution in [0.5, 0.6) is 0 Å². The van der Waals surface area contributed by atoms with E-state index in [0.29, 0.717) is 66.1 Å². The molecule has 154 valence electrons. The lowest BCUT2D eigenvalue weighted by Gasteiger charge is -2.05. The van der Waals surface area contributed by atoms with E-state index in [4.69, 9.17) is 33.2 Å². The van der Waals surface area contributed by atoms with Crippen molar-refractivity contribution in [2.24, 2.45) is 0 Å². The first-order valence-electron chi connectivity index (χ1n) is 9.37. The van der Waals surface area contributed by atoms with Gasteiger partial charge in [-0.3, -0.25) is 0 Å². The molecule has 0 amide bonds. The van der Waals surface area contributed by atoms with Crippen molar-refractivity contribution in [3.63, 3.8) is 0 Å². The normalized spacial score (nSPS) is 10.6. The van der Waals surface area contributed by atoms with Gasteiger partial charge in [-0.2, -0.15) is 0 Å². The fraction of sp³-hybridized carbons (Fsp3) is 1.00. The van der Waals surface area contributed by atoms with Crippen LogP contribution in [0.4, 0.5) is 0 Å². The van der Waals surface area contributed by atoms with Gasteiger partial charge in [0, 0.05) is 26.4 Å². The van der Waals surface area contributed by atoms with Gasteiger partial charge in [-0.15, -0.1) is 0 Å². The highest BCUT2D eigenvalue weighted by Crippen LogP contribution is 1.82. The Hall–Kier alpha value is -0.280. The summed E-state index contributed by atoms with van der Waals surface area (Å²) in [4.78, 5) is 0. The molecule has 0 saturated carbocycles. The van der Waals surface area contributed by atoms with E-state index in [2.05, 4.69) is 0 Å². The zero-order valence-corrected chi connectivity index (χ0v) is 16.8. The Kier molecular flexibility index (Phi) is 30.7. The number of rotatable bonds is 19. The average Bonchev–Trinajstić information content (AvgIpc) is 2.63. The van der Waals surface area contributed by atoms with Crippen LogP contribution in [0.25, 0.3) is 0 Å². The molecule has 0 aromatic carbocycles. The average molecular weight is 369 g/mol. The van der Waals surface area contributed by atoms with Gasteiger partial charge < -0.3 is 33.2 Å². The minimum Gasteiger partial charge on any atom is -0.379 e. The van der Waals surface area contributed by atoms with E-state index in [-0.39, 0.29) is 0 Å². The predicted octanol–water partition coefficient (Wildman–Crippen LogP) is 2.17. The molecule has 0 aromatic heterocycles. The summed E-state index contributed by atoms with van der Waals surface area (Å²) in [6, 6.07) is 0. The van der Waals surface area contributed by atoms with Gasteiger partial charge in [0.1, 0.15) is 0 Å². The fourth-order valence-corrected chi connectivity index (χ4v) is 1.47. The predicted molar refractivity (Wildman–Crippen MR) is 98.4 cm³/mol. The maximum atomic E-state index is 5.25. The van der Waals surface area contributed by atoms with Crippen LogP contribution in [0.1, 0.15) is 27.7 Å². The molecule has 0 radical (unpaired) electrons. The highest BCUT2D eigenvalue weighted by atomic mass is 16.6. The number of ether oxygens (including phenoxy) is 7. The molecule has 0 aliphatic heterocycles. The van der Waals surface area contributed by atoms with Crippen LogP contribution in [-0.2, 0) is 33.2 Å². The van der Waals surface area contributed by atoms with Crippen molar-refractivity contribution >= 4 is 0 Å². The zero-order chi connectivity index (χ0) is 18.8. The Bertz CT molecular complexity index is 186. The third-order valence-corrected chi connectivity index (χ3v) is 2.68. The molecule has 0 spiro atoms. The first-order chi connectivity index (χ1) is 12.3. The van der Waals surface area contributed by atoms with E-state index in [9.17, 15) is 0 Å². The third-order valence-electron chi connectivity index (χ3n) is 2.68. The molecule has 0 aliphatic carbocycles. The van der Waals surface area contributed by atoms with E-state index < -0.39 is 0 Å². The molecule has 0 heterocycles. The molecule has 0 bridgehead atoms. The van der Waals surface area contributed by atoms with Gasteiger partial charge in [-0.25, -0.2) is 0 Å². The second kappa shape index (κ2) is 28.5. The maximum absolute atomic E-state index is 5.25. The second-order valence-corrected chi connectivity index (χ2v) is 4.62. The lowest BCUT2D eigenvalue weighted by molar-refractivity contribution is 0.000930. The molecular formula is C18H40O7. The van der Waals surface area contributed by atoms with Gasteiger partial charge in [-0.05, 0) is 27.7 Å². The molecular weight excluding hydrogens is 328 g/mol. The van der Waals surface area contributed by atoms with Gasteiger partial charge in [0.25, 0.3) is 0 Å². The van der Waals surface area contributed by atoms with Crippen molar-refractivity contribution in [1.82, 2.24) is 0 Å². The lowest BCUT2D eigenvalue weighted by Crippen LogP contribution is -2.11. The van der Waals surface area contributed by atoms with E-state index in [1.165, 1.54) is 0 Å². The molecule has 0 unspecified atom stereocenters. The van der Waals surface area contributed by atoms with Crippen LogP contribution in [0.2, 0.25) is 0 Å². The van der Waals surface area contributed by atoms with Crippen LogP contribution >= 0.6 is 0 Å².